The van der Waals surface area contributed by atoms with Crippen LogP contribution in [0.3, 0.4) is 0 Å². The molecule has 2 atom stereocenters. The molecule has 23 heavy (non-hydrogen) atoms. The number of nitrogens with zero attached hydrogens (tertiary/aromatic N) is 3. The molecule has 1 fully saturated rings. The first-order valence-electron chi connectivity index (χ1n) is 7.79. The van der Waals surface area contributed by atoms with Gasteiger partial charge in [-0.15, -0.1) is 0 Å². The summed E-state index contributed by atoms with van der Waals surface area (Å²) >= 11 is 0. The number of hydrogen-bond acceptors (Lipinski definition) is 6. The Kier molecular flexibility index (Phi) is 4.25. The summed E-state index contributed by atoms with van der Waals surface area (Å²) in [5, 5.41) is 3.39. The lowest BCUT2D eigenvalue weighted by Gasteiger charge is -2.40. The van der Waals surface area contributed by atoms with Crippen molar-refractivity contribution in [3.8, 4) is 0 Å². The topological polar surface area (TPSA) is 84.1 Å². The molecule has 2 aromatic rings. The third-order valence-corrected chi connectivity index (χ3v) is 4.14. The summed E-state index contributed by atoms with van der Waals surface area (Å²) in [7, 11) is 0. The first kappa shape index (κ1) is 15.4. The van der Waals surface area contributed by atoms with E-state index in [0.717, 1.165) is 18.9 Å². The fourth-order valence-electron chi connectivity index (χ4n) is 3.02. The van der Waals surface area contributed by atoms with Crippen LogP contribution in [0.1, 0.15) is 31.3 Å². The normalized spacial score (nSPS) is 21.2. The predicted octanol–water partition coefficient (Wildman–Crippen LogP) is 1.72. The zero-order chi connectivity index (χ0) is 16.4. The average molecular weight is 313 g/mol. The molecule has 2 aromatic heterocycles. The van der Waals surface area contributed by atoms with Crippen LogP contribution in [0.2, 0.25) is 0 Å². The van der Waals surface area contributed by atoms with Crippen molar-refractivity contribution in [2.75, 3.05) is 23.7 Å². The first-order valence-corrected chi connectivity index (χ1v) is 7.79. The van der Waals surface area contributed by atoms with Crippen LogP contribution in [0.5, 0.6) is 0 Å². The highest BCUT2D eigenvalue weighted by molar-refractivity contribution is 6.10. The van der Waals surface area contributed by atoms with E-state index >= 15 is 0 Å². The van der Waals surface area contributed by atoms with E-state index in [1.165, 1.54) is 0 Å². The van der Waals surface area contributed by atoms with Gasteiger partial charge in [0.05, 0.1) is 5.56 Å². The van der Waals surface area contributed by atoms with Crippen molar-refractivity contribution in [1.82, 2.24) is 15.3 Å². The molecule has 0 spiro atoms. The molecular weight excluding hydrogens is 290 g/mol. The number of nitrogens with two attached hydrogens (primary N) is 1. The molecule has 1 saturated heterocycles. The number of ketones is 1. The van der Waals surface area contributed by atoms with Gasteiger partial charge in [0.25, 0.3) is 0 Å². The third kappa shape index (κ3) is 3.03. The Morgan fingerprint density at radius 3 is 2.70 bits per heavy atom. The number of carbonyl (C=O) groups excluding carboxylic acids is 1. The van der Waals surface area contributed by atoms with E-state index in [1.54, 1.807) is 24.4 Å². The third-order valence-electron chi connectivity index (χ3n) is 4.14. The molecule has 1 aliphatic heterocycles. The molecule has 3 N–H and O–H groups in total. The zero-order valence-corrected chi connectivity index (χ0v) is 13.4. The van der Waals surface area contributed by atoms with Crippen molar-refractivity contribution in [3.05, 3.63) is 47.8 Å². The van der Waals surface area contributed by atoms with E-state index in [0.29, 0.717) is 23.3 Å². The molecule has 0 saturated carbocycles. The van der Waals surface area contributed by atoms with Gasteiger partial charge in [-0.2, -0.15) is 0 Å². The van der Waals surface area contributed by atoms with Gasteiger partial charge in [-0.3, -0.25) is 4.79 Å². The van der Waals surface area contributed by atoms with E-state index in [9.17, 15) is 4.79 Å². The molecule has 3 heterocycles. The summed E-state index contributed by atoms with van der Waals surface area (Å²) in [6.07, 6.45) is 1.57. The van der Waals surface area contributed by atoms with Gasteiger partial charge in [-0.05, 0) is 38.1 Å². The summed E-state index contributed by atoms with van der Waals surface area (Å²) in [5.74, 6) is 0.848. The minimum Gasteiger partial charge on any atom is -0.383 e. The van der Waals surface area contributed by atoms with Crippen molar-refractivity contribution < 1.29 is 6.22 Å². The Hall–Kier alpha value is -2.47. The van der Waals surface area contributed by atoms with E-state index in [2.05, 4.69) is 34.0 Å². The Balaban J connectivity index is 0.00000208. The second kappa shape index (κ2) is 6.34. The van der Waals surface area contributed by atoms with Gasteiger partial charge in [-0.25, -0.2) is 9.97 Å². The second-order valence-electron chi connectivity index (χ2n) is 5.91. The molecule has 0 unspecified atom stereocenters. The Labute approximate surface area is 137 Å². The largest absolute Gasteiger partial charge is 0.383 e. The van der Waals surface area contributed by atoms with Gasteiger partial charge < -0.3 is 16.0 Å². The molecule has 122 valence electrons. The second-order valence-corrected chi connectivity index (χ2v) is 5.91. The van der Waals surface area contributed by atoms with Crippen LogP contribution in [-0.4, -0.2) is 40.9 Å². The highest BCUT2D eigenvalue weighted by Crippen LogP contribution is 2.21. The predicted molar refractivity (Wildman–Crippen MR) is 92.7 cm³/mol. The molecule has 0 radical (unpaired) electrons. The van der Waals surface area contributed by atoms with E-state index in [4.69, 9.17) is 5.73 Å². The summed E-state index contributed by atoms with van der Waals surface area (Å²) < 4.78 is 0. The molecule has 6 nitrogen and oxygen atoms in total. The number of rotatable bonds is 3. The van der Waals surface area contributed by atoms with Crippen LogP contribution in [0.25, 0.3) is 0 Å². The number of anilines is 2. The number of pyridine rings is 2. The van der Waals surface area contributed by atoms with Crippen LogP contribution in [0.4, 0.5) is 11.6 Å². The van der Waals surface area contributed by atoms with Crippen LogP contribution < -0.4 is 16.0 Å². The Morgan fingerprint density at radius 1 is 1.26 bits per heavy atom. The van der Waals surface area contributed by atoms with Gasteiger partial charge in [-0.1, -0.05) is 6.07 Å². The molecule has 6 heteroatoms. The number of nitrogen functional groups attached to an aromatic ring is 1. The maximum atomic E-state index is 12.7. The van der Waals surface area contributed by atoms with Crippen molar-refractivity contribution >= 4 is 17.4 Å². The van der Waals surface area contributed by atoms with Gasteiger partial charge in [0.2, 0.25) is 5.78 Å². The molecule has 1 aliphatic rings. The number of hydrogen-bond donors (Lipinski definition) is 2. The first-order chi connectivity index (χ1) is 11.1. The maximum Gasteiger partial charge on any atom is 0.215 e. The minimum absolute atomic E-state index is 0. The molecule has 0 aromatic carbocycles. The maximum absolute atomic E-state index is 12.7. The fourth-order valence-corrected chi connectivity index (χ4v) is 3.02. The van der Waals surface area contributed by atoms with Gasteiger partial charge in [0, 0.05) is 32.8 Å². The lowest BCUT2D eigenvalue weighted by Crippen LogP contribution is -2.55. The molecule has 0 aliphatic carbocycles. The summed E-state index contributed by atoms with van der Waals surface area (Å²) in [6.45, 7) is 6.11. The van der Waals surface area contributed by atoms with Crippen LogP contribution in [0, 0.1) is 0 Å². The number of carbonyl (C=O) groups is 1. The quantitative estimate of drug-likeness (QED) is 0.840. The smallest absolute Gasteiger partial charge is 0.215 e. The molecule has 0 bridgehead atoms. The van der Waals surface area contributed by atoms with E-state index in [-0.39, 0.29) is 13.0 Å². The van der Waals surface area contributed by atoms with Crippen LogP contribution >= 0.6 is 0 Å². The SMILES string of the molecule is C[C@@H]1CNC[C@H](C)N1c1cccc(C(=O)c2cccnc2N)n1.[HH]. The zero-order valence-electron chi connectivity index (χ0n) is 13.4. The van der Waals surface area contributed by atoms with Crippen molar-refractivity contribution in [3.63, 3.8) is 0 Å². The standard InChI is InChI=1S/C17H21N5O.H2/c1-11-9-19-10-12(2)22(11)15-7-3-6-14(21-15)16(23)13-5-4-8-20-17(13)18;/h3-8,11-12,19H,9-10H2,1-2H3,(H2,18,20);1H/t11-,12+;. The van der Waals surface area contributed by atoms with Crippen LogP contribution in [0.15, 0.2) is 36.5 Å². The Bertz CT molecular complexity index is 714. The average Bonchev–Trinajstić information content (AvgIpc) is 2.55. The van der Waals surface area contributed by atoms with Gasteiger partial charge >= 0.3 is 0 Å². The fraction of sp³-hybridized carbons (Fsp3) is 0.353. The van der Waals surface area contributed by atoms with Crippen molar-refractivity contribution in [1.29, 1.82) is 0 Å². The summed E-state index contributed by atoms with van der Waals surface area (Å²) in [5.41, 5.74) is 6.58. The molecule has 0 amide bonds. The number of piperazine rings is 1. The lowest BCUT2D eigenvalue weighted by molar-refractivity contribution is 0.103. The lowest BCUT2D eigenvalue weighted by atomic mass is 10.1. The van der Waals surface area contributed by atoms with Crippen molar-refractivity contribution in [2.45, 2.75) is 25.9 Å². The number of nitrogens with one attached hydrogen (secondary N) is 1. The molecular formula is C17H23N5O. The number of aromatic nitrogens is 2. The molecule has 3 rings (SSSR count). The van der Waals surface area contributed by atoms with E-state index < -0.39 is 0 Å². The Morgan fingerprint density at radius 2 is 2.00 bits per heavy atom. The highest BCUT2D eigenvalue weighted by Gasteiger charge is 2.26. The van der Waals surface area contributed by atoms with E-state index in [1.807, 2.05) is 12.1 Å². The van der Waals surface area contributed by atoms with Gasteiger partial charge in [0.15, 0.2) is 0 Å². The van der Waals surface area contributed by atoms with Crippen molar-refractivity contribution in [2.24, 2.45) is 0 Å². The summed E-state index contributed by atoms with van der Waals surface area (Å²) in [6, 6.07) is 9.55. The van der Waals surface area contributed by atoms with Crippen LogP contribution in [-0.2, 0) is 0 Å². The monoisotopic (exact) mass is 313 g/mol. The van der Waals surface area contributed by atoms with Gasteiger partial charge in [0.1, 0.15) is 17.3 Å². The summed E-state index contributed by atoms with van der Waals surface area (Å²) in [4.78, 5) is 23.5. The minimum atomic E-state index is -0.201. The highest BCUT2D eigenvalue weighted by atomic mass is 16.1.